The van der Waals surface area contributed by atoms with Gasteiger partial charge in [0.2, 0.25) is 5.88 Å². The van der Waals surface area contributed by atoms with Gasteiger partial charge in [-0.25, -0.2) is 9.67 Å². The molecule has 0 saturated carbocycles. The summed E-state index contributed by atoms with van der Waals surface area (Å²) in [5, 5.41) is 5.32. The number of hydrogen-bond acceptors (Lipinski definition) is 5. The number of rotatable bonds is 5. The van der Waals surface area contributed by atoms with Crippen molar-refractivity contribution in [1.82, 2.24) is 24.6 Å². The van der Waals surface area contributed by atoms with Crippen molar-refractivity contribution < 1.29 is 9.53 Å². The number of benzene rings is 1. The lowest BCUT2D eigenvalue weighted by atomic mass is 10.1. The fourth-order valence-corrected chi connectivity index (χ4v) is 4.28. The van der Waals surface area contributed by atoms with E-state index in [-0.39, 0.29) is 12.5 Å². The molecule has 164 valence electrons. The monoisotopic (exact) mass is 421 g/mol. The molecule has 7 heteroatoms. The number of hydrogen-bond donors (Lipinski definition) is 0. The van der Waals surface area contributed by atoms with Crippen LogP contribution >= 0.6 is 0 Å². The Balaban J connectivity index is 1.37. The first-order valence-electron chi connectivity index (χ1n) is 10.9. The molecule has 0 bridgehead atoms. The molecule has 1 fully saturated rings. The first-order chi connectivity index (χ1) is 14.9. The third kappa shape index (κ3) is 4.71. The standard InChI is InChI=1S/C24H31N5O2/c1-17-8-5-6-9-20(17)15-28-10-7-11-29(13-12-28)21(30)16-31-24-22-18(2)14-19(3)25-23(22)27(4)26-24/h5-6,8-9,14H,7,10-13,15-16H2,1-4H3. The van der Waals surface area contributed by atoms with Gasteiger partial charge in [-0.3, -0.25) is 9.69 Å². The highest BCUT2D eigenvalue weighted by molar-refractivity contribution is 5.85. The Hall–Kier alpha value is -2.93. The number of fused-ring (bicyclic) bond motifs is 1. The molecule has 0 spiro atoms. The number of aryl methyl sites for hydroxylation is 4. The maximum Gasteiger partial charge on any atom is 0.260 e. The maximum atomic E-state index is 12.9. The van der Waals surface area contributed by atoms with Crippen molar-refractivity contribution in [2.75, 3.05) is 32.8 Å². The molecule has 0 N–H and O–H groups in total. The van der Waals surface area contributed by atoms with Crippen LogP contribution in [-0.2, 0) is 18.4 Å². The highest BCUT2D eigenvalue weighted by Gasteiger charge is 2.21. The van der Waals surface area contributed by atoms with E-state index >= 15 is 0 Å². The molecule has 0 radical (unpaired) electrons. The average Bonchev–Trinajstić information content (AvgIpc) is 2.89. The molecule has 3 aromatic rings. The van der Waals surface area contributed by atoms with Crippen molar-refractivity contribution >= 4 is 16.9 Å². The molecule has 4 rings (SSSR count). The van der Waals surface area contributed by atoms with Gasteiger partial charge in [-0.2, -0.15) is 0 Å². The molecular weight excluding hydrogens is 390 g/mol. The Morgan fingerprint density at radius 2 is 1.87 bits per heavy atom. The van der Waals surface area contributed by atoms with Crippen LogP contribution < -0.4 is 4.74 Å². The Labute approximate surface area is 183 Å². The van der Waals surface area contributed by atoms with Crippen LogP contribution in [0.15, 0.2) is 30.3 Å². The van der Waals surface area contributed by atoms with E-state index in [1.807, 2.05) is 31.9 Å². The summed E-state index contributed by atoms with van der Waals surface area (Å²) in [6, 6.07) is 10.5. The summed E-state index contributed by atoms with van der Waals surface area (Å²) in [4.78, 5) is 21.8. The average molecular weight is 422 g/mol. The van der Waals surface area contributed by atoms with Gasteiger partial charge in [-0.05, 0) is 49.9 Å². The predicted octanol–water partition coefficient (Wildman–Crippen LogP) is 3.01. The normalized spacial score (nSPS) is 15.3. The molecule has 1 aliphatic heterocycles. The quantitative estimate of drug-likeness (QED) is 0.634. The Morgan fingerprint density at radius 1 is 1.06 bits per heavy atom. The van der Waals surface area contributed by atoms with Crippen LogP contribution in [0.25, 0.3) is 11.0 Å². The van der Waals surface area contributed by atoms with Gasteiger partial charge in [0.1, 0.15) is 0 Å². The Bertz CT molecular complexity index is 1090. The molecule has 1 amide bonds. The number of carbonyl (C=O) groups excluding carboxylic acids is 1. The van der Waals surface area contributed by atoms with Crippen LogP contribution in [0, 0.1) is 20.8 Å². The summed E-state index contributed by atoms with van der Waals surface area (Å²) < 4.78 is 7.59. The van der Waals surface area contributed by atoms with Crippen LogP contribution in [-0.4, -0.2) is 63.3 Å². The third-order valence-corrected chi connectivity index (χ3v) is 6.02. The van der Waals surface area contributed by atoms with Gasteiger partial charge in [-0.1, -0.05) is 24.3 Å². The van der Waals surface area contributed by atoms with Gasteiger partial charge in [-0.15, -0.1) is 5.10 Å². The zero-order valence-corrected chi connectivity index (χ0v) is 18.9. The zero-order valence-electron chi connectivity index (χ0n) is 18.9. The van der Waals surface area contributed by atoms with E-state index in [4.69, 9.17) is 4.74 Å². The van der Waals surface area contributed by atoms with Gasteiger partial charge >= 0.3 is 0 Å². The summed E-state index contributed by atoms with van der Waals surface area (Å²) in [7, 11) is 1.85. The topological polar surface area (TPSA) is 63.5 Å². The van der Waals surface area contributed by atoms with E-state index in [0.29, 0.717) is 5.88 Å². The van der Waals surface area contributed by atoms with E-state index in [2.05, 4.69) is 46.2 Å². The lowest BCUT2D eigenvalue weighted by molar-refractivity contribution is -0.133. The summed E-state index contributed by atoms with van der Waals surface area (Å²) in [5.41, 5.74) is 5.44. The van der Waals surface area contributed by atoms with Crippen LogP contribution in [0.1, 0.15) is 28.8 Å². The molecule has 0 aliphatic carbocycles. The van der Waals surface area contributed by atoms with Gasteiger partial charge < -0.3 is 9.64 Å². The first kappa shape index (κ1) is 21.3. The molecule has 7 nitrogen and oxygen atoms in total. The van der Waals surface area contributed by atoms with Crippen molar-refractivity contribution in [1.29, 1.82) is 0 Å². The number of pyridine rings is 1. The van der Waals surface area contributed by atoms with Crippen molar-refractivity contribution in [2.24, 2.45) is 7.05 Å². The predicted molar refractivity (Wildman–Crippen MR) is 121 cm³/mol. The van der Waals surface area contributed by atoms with E-state index in [9.17, 15) is 4.79 Å². The van der Waals surface area contributed by atoms with E-state index in [1.165, 1.54) is 11.1 Å². The number of carbonyl (C=O) groups is 1. The van der Waals surface area contributed by atoms with Crippen molar-refractivity contribution in [3.05, 3.63) is 52.7 Å². The second-order valence-electron chi connectivity index (χ2n) is 8.43. The van der Waals surface area contributed by atoms with Crippen molar-refractivity contribution in [3.63, 3.8) is 0 Å². The molecule has 1 aliphatic rings. The SMILES string of the molecule is Cc1cc(C)c2c(OCC(=O)N3CCCN(Cc4ccccc4C)CC3)nn(C)c2n1. The minimum atomic E-state index is -0.00275. The van der Waals surface area contributed by atoms with E-state index in [0.717, 1.165) is 61.4 Å². The molecular formula is C24H31N5O2. The lowest BCUT2D eigenvalue weighted by Gasteiger charge is -2.22. The van der Waals surface area contributed by atoms with Crippen LogP contribution in [0.4, 0.5) is 0 Å². The number of amides is 1. The van der Waals surface area contributed by atoms with E-state index < -0.39 is 0 Å². The van der Waals surface area contributed by atoms with Crippen LogP contribution in [0.2, 0.25) is 0 Å². The van der Waals surface area contributed by atoms with Crippen LogP contribution in [0.5, 0.6) is 5.88 Å². The summed E-state index contributed by atoms with van der Waals surface area (Å²) in [5.74, 6) is 0.487. The summed E-state index contributed by atoms with van der Waals surface area (Å²) >= 11 is 0. The van der Waals surface area contributed by atoms with Gasteiger partial charge in [0, 0.05) is 45.5 Å². The summed E-state index contributed by atoms with van der Waals surface area (Å²) in [6.07, 6.45) is 0.965. The molecule has 3 heterocycles. The minimum absolute atomic E-state index is 0.00275. The molecule has 0 atom stereocenters. The van der Waals surface area contributed by atoms with Crippen molar-refractivity contribution in [2.45, 2.75) is 33.7 Å². The van der Waals surface area contributed by atoms with Crippen LogP contribution in [0.3, 0.4) is 0 Å². The molecule has 2 aromatic heterocycles. The second-order valence-corrected chi connectivity index (χ2v) is 8.43. The number of ether oxygens (including phenoxy) is 1. The highest BCUT2D eigenvalue weighted by Crippen LogP contribution is 2.27. The van der Waals surface area contributed by atoms with Gasteiger partial charge in [0.05, 0.1) is 5.39 Å². The largest absolute Gasteiger partial charge is 0.466 e. The lowest BCUT2D eigenvalue weighted by Crippen LogP contribution is -2.38. The third-order valence-electron chi connectivity index (χ3n) is 6.02. The molecule has 0 unspecified atom stereocenters. The molecule has 1 aromatic carbocycles. The number of aromatic nitrogens is 3. The first-order valence-corrected chi connectivity index (χ1v) is 10.9. The van der Waals surface area contributed by atoms with Gasteiger partial charge in [0.25, 0.3) is 5.91 Å². The fourth-order valence-electron chi connectivity index (χ4n) is 4.28. The fraction of sp³-hybridized carbons (Fsp3) is 0.458. The Morgan fingerprint density at radius 3 is 2.68 bits per heavy atom. The molecule has 1 saturated heterocycles. The second kappa shape index (κ2) is 9.06. The minimum Gasteiger partial charge on any atom is -0.466 e. The summed E-state index contributed by atoms with van der Waals surface area (Å²) in [6.45, 7) is 10.4. The van der Waals surface area contributed by atoms with Gasteiger partial charge in [0.15, 0.2) is 12.3 Å². The smallest absolute Gasteiger partial charge is 0.260 e. The maximum absolute atomic E-state index is 12.9. The highest BCUT2D eigenvalue weighted by atomic mass is 16.5. The molecule has 31 heavy (non-hydrogen) atoms. The van der Waals surface area contributed by atoms with Crippen molar-refractivity contribution in [3.8, 4) is 5.88 Å². The Kier molecular flexibility index (Phi) is 6.23. The number of nitrogens with zero attached hydrogens (tertiary/aromatic N) is 5. The van der Waals surface area contributed by atoms with E-state index in [1.54, 1.807) is 4.68 Å². The zero-order chi connectivity index (χ0) is 22.0.